The van der Waals surface area contributed by atoms with Crippen LogP contribution in [-0.2, 0) is 4.75 Å². The molecule has 0 unspecified atom stereocenters. The molecule has 2 aromatic rings. The van der Waals surface area contributed by atoms with Gasteiger partial charge in [0.15, 0.2) is 5.82 Å². The SMILES string of the molecule is C[C@@H](CO)Nc1cc(C2(SC3CC3)CC2)nc(-c2ccc(NC(=O)NC3CC3)cc2)n1. The molecule has 3 aliphatic rings. The fourth-order valence-electron chi connectivity index (χ4n) is 3.52. The second-order valence-electron chi connectivity index (χ2n) is 8.95. The Kier molecular flexibility index (Phi) is 5.52. The lowest BCUT2D eigenvalue weighted by Crippen LogP contribution is -2.30. The fourth-order valence-corrected chi connectivity index (χ4v) is 5.09. The van der Waals surface area contributed by atoms with Crippen LogP contribution in [0.5, 0.6) is 0 Å². The topological polar surface area (TPSA) is 99.2 Å². The average molecular weight is 440 g/mol. The molecule has 3 fully saturated rings. The highest BCUT2D eigenvalue weighted by Gasteiger charge is 2.50. The van der Waals surface area contributed by atoms with E-state index in [4.69, 9.17) is 9.97 Å². The molecule has 1 aromatic heterocycles. The molecule has 0 saturated heterocycles. The number of urea groups is 1. The van der Waals surface area contributed by atoms with E-state index in [0.717, 1.165) is 53.7 Å². The molecule has 31 heavy (non-hydrogen) atoms. The fraction of sp³-hybridized carbons (Fsp3) is 0.522. The normalized spacial score (nSPS) is 20.1. The van der Waals surface area contributed by atoms with Crippen molar-refractivity contribution in [1.82, 2.24) is 15.3 Å². The van der Waals surface area contributed by atoms with Gasteiger partial charge < -0.3 is 21.1 Å². The second-order valence-corrected chi connectivity index (χ2v) is 10.6. The van der Waals surface area contributed by atoms with Crippen LogP contribution in [0, 0.1) is 0 Å². The van der Waals surface area contributed by atoms with Crippen LogP contribution < -0.4 is 16.0 Å². The Morgan fingerprint density at radius 1 is 1.19 bits per heavy atom. The molecule has 164 valence electrons. The van der Waals surface area contributed by atoms with Crippen LogP contribution >= 0.6 is 11.8 Å². The maximum absolute atomic E-state index is 12.0. The Morgan fingerprint density at radius 2 is 1.94 bits per heavy atom. The monoisotopic (exact) mass is 439 g/mol. The molecule has 2 amide bonds. The minimum absolute atomic E-state index is 0.0416. The van der Waals surface area contributed by atoms with Crippen molar-refractivity contribution in [1.29, 1.82) is 0 Å². The first-order chi connectivity index (χ1) is 15.0. The Morgan fingerprint density at radius 3 is 2.55 bits per heavy atom. The van der Waals surface area contributed by atoms with E-state index in [-0.39, 0.29) is 23.4 Å². The maximum atomic E-state index is 12.0. The molecule has 3 aliphatic carbocycles. The highest BCUT2D eigenvalue weighted by atomic mass is 32.2. The molecule has 1 heterocycles. The lowest BCUT2D eigenvalue weighted by atomic mass is 10.1. The van der Waals surface area contributed by atoms with Crippen LogP contribution in [0.2, 0.25) is 0 Å². The molecule has 4 N–H and O–H groups in total. The quantitative estimate of drug-likeness (QED) is 0.469. The predicted molar refractivity (Wildman–Crippen MR) is 124 cm³/mol. The number of carbonyl (C=O) groups is 1. The molecule has 3 saturated carbocycles. The van der Waals surface area contributed by atoms with E-state index < -0.39 is 0 Å². The number of aliphatic hydroxyl groups excluding tert-OH is 1. The van der Waals surface area contributed by atoms with Gasteiger partial charge in [0.2, 0.25) is 0 Å². The van der Waals surface area contributed by atoms with Gasteiger partial charge in [0.25, 0.3) is 0 Å². The van der Waals surface area contributed by atoms with Crippen LogP contribution in [0.1, 0.15) is 51.1 Å². The van der Waals surface area contributed by atoms with Gasteiger partial charge >= 0.3 is 6.03 Å². The first kappa shape index (κ1) is 20.6. The zero-order chi connectivity index (χ0) is 21.4. The number of hydrogen-bond acceptors (Lipinski definition) is 6. The van der Waals surface area contributed by atoms with Crippen LogP contribution in [0.25, 0.3) is 11.4 Å². The average Bonchev–Trinajstić information content (AvgIpc) is 3.61. The number of anilines is 2. The van der Waals surface area contributed by atoms with Gasteiger partial charge in [-0.05, 0) is 69.7 Å². The number of nitrogens with one attached hydrogen (secondary N) is 3. The maximum Gasteiger partial charge on any atom is 0.319 e. The lowest BCUT2D eigenvalue weighted by molar-refractivity contribution is 0.251. The third-order valence-corrected chi connectivity index (χ3v) is 7.67. The number of benzene rings is 1. The van der Waals surface area contributed by atoms with E-state index in [2.05, 4.69) is 33.8 Å². The van der Waals surface area contributed by atoms with Gasteiger partial charge in [-0.1, -0.05) is 0 Å². The summed E-state index contributed by atoms with van der Waals surface area (Å²) in [5.41, 5.74) is 2.73. The Bertz CT molecular complexity index is 955. The van der Waals surface area contributed by atoms with Crippen LogP contribution in [0.4, 0.5) is 16.3 Å². The van der Waals surface area contributed by atoms with Gasteiger partial charge in [0, 0.05) is 34.7 Å². The van der Waals surface area contributed by atoms with E-state index in [0.29, 0.717) is 11.9 Å². The van der Waals surface area contributed by atoms with Gasteiger partial charge in [-0.15, -0.1) is 11.8 Å². The summed E-state index contributed by atoms with van der Waals surface area (Å²) >= 11 is 2.07. The Labute approximate surface area is 186 Å². The predicted octanol–water partition coefficient (Wildman–Crippen LogP) is 4.10. The standard InChI is InChI=1S/C23H29N5O2S/c1-14(13-29)24-20-12-19(23(10-11-23)31-18-8-9-18)27-21(28-20)15-2-4-16(5-3-15)25-22(30)26-17-6-7-17/h2-5,12,14,17-18,29H,6-11,13H2,1H3,(H,24,27,28)(H2,25,26,30)/t14-/m0/s1. The Balaban J connectivity index is 1.38. The summed E-state index contributed by atoms with van der Waals surface area (Å²) in [7, 11) is 0. The number of amides is 2. The van der Waals surface area contributed by atoms with Crippen molar-refractivity contribution in [3.8, 4) is 11.4 Å². The molecule has 0 radical (unpaired) electrons. The van der Waals surface area contributed by atoms with Crippen molar-refractivity contribution >= 4 is 29.3 Å². The Hall–Kier alpha value is -2.32. The van der Waals surface area contributed by atoms with Crippen LogP contribution in [0.15, 0.2) is 30.3 Å². The zero-order valence-corrected chi connectivity index (χ0v) is 18.5. The molecule has 5 rings (SSSR count). The molecule has 1 atom stereocenters. The summed E-state index contributed by atoms with van der Waals surface area (Å²) in [6, 6.07) is 9.78. The van der Waals surface area contributed by atoms with Crippen molar-refractivity contribution < 1.29 is 9.90 Å². The molecule has 0 spiro atoms. The number of nitrogens with zero attached hydrogens (tertiary/aromatic N) is 2. The van der Waals surface area contributed by atoms with E-state index in [9.17, 15) is 9.90 Å². The van der Waals surface area contributed by atoms with Crippen molar-refractivity contribution in [3.63, 3.8) is 0 Å². The minimum Gasteiger partial charge on any atom is -0.394 e. The third-order valence-electron chi connectivity index (χ3n) is 5.80. The number of carbonyl (C=O) groups excluding carboxylic acids is 1. The van der Waals surface area contributed by atoms with E-state index in [1.807, 2.05) is 31.2 Å². The molecule has 0 aliphatic heterocycles. The summed E-state index contributed by atoms with van der Waals surface area (Å²) in [5, 5.41) is 19.3. The lowest BCUT2D eigenvalue weighted by Gasteiger charge is -2.18. The summed E-state index contributed by atoms with van der Waals surface area (Å²) in [5.74, 6) is 1.41. The summed E-state index contributed by atoms with van der Waals surface area (Å²) in [4.78, 5) is 21.7. The summed E-state index contributed by atoms with van der Waals surface area (Å²) in [6.45, 7) is 1.97. The van der Waals surface area contributed by atoms with Crippen LogP contribution in [0.3, 0.4) is 0 Å². The number of aromatic nitrogens is 2. The second kappa shape index (κ2) is 8.31. The van der Waals surface area contributed by atoms with E-state index in [1.54, 1.807) is 0 Å². The zero-order valence-electron chi connectivity index (χ0n) is 17.7. The summed E-state index contributed by atoms with van der Waals surface area (Å²) in [6.07, 6.45) is 7.04. The number of hydrogen-bond donors (Lipinski definition) is 4. The van der Waals surface area contributed by atoms with Gasteiger partial charge in [-0.2, -0.15) is 0 Å². The molecular formula is C23H29N5O2S. The van der Waals surface area contributed by atoms with E-state index >= 15 is 0 Å². The third kappa shape index (κ3) is 5.13. The molecule has 7 nitrogen and oxygen atoms in total. The molecule has 1 aromatic carbocycles. The number of aliphatic hydroxyl groups is 1. The van der Waals surface area contributed by atoms with Crippen molar-refractivity contribution in [2.24, 2.45) is 0 Å². The highest BCUT2D eigenvalue weighted by molar-refractivity contribution is 8.01. The summed E-state index contributed by atoms with van der Waals surface area (Å²) < 4.78 is 0.111. The molecule has 0 bridgehead atoms. The largest absolute Gasteiger partial charge is 0.394 e. The molecule has 8 heteroatoms. The van der Waals surface area contributed by atoms with E-state index in [1.165, 1.54) is 12.8 Å². The number of rotatable bonds is 9. The molecular weight excluding hydrogens is 410 g/mol. The first-order valence-corrected chi connectivity index (χ1v) is 12.0. The smallest absolute Gasteiger partial charge is 0.319 e. The van der Waals surface area contributed by atoms with Crippen molar-refractivity contribution in [2.45, 2.75) is 67.5 Å². The van der Waals surface area contributed by atoms with Crippen molar-refractivity contribution in [2.75, 3.05) is 17.2 Å². The first-order valence-electron chi connectivity index (χ1n) is 11.2. The van der Waals surface area contributed by atoms with Crippen molar-refractivity contribution in [3.05, 3.63) is 36.0 Å². The highest BCUT2D eigenvalue weighted by Crippen LogP contribution is 2.61. The van der Waals surface area contributed by atoms with Gasteiger partial charge in [-0.3, -0.25) is 0 Å². The van der Waals surface area contributed by atoms with Gasteiger partial charge in [0.05, 0.1) is 17.0 Å². The van der Waals surface area contributed by atoms with Crippen LogP contribution in [-0.4, -0.2) is 45.0 Å². The van der Waals surface area contributed by atoms with Gasteiger partial charge in [-0.25, -0.2) is 14.8 Å². The number of thioether (sulfide) groups is 1. The minimum atomic E-state index is -0.161. The van der Waals surface area contributed by atoms with Gasteiger partial charge in [0.1, 0.15) is 5.82 Å².